The lowest BCUT2D eigenvalue weighted by molar-refractivity contribution is -0.210. The molecule has 1 unspecified atom stereocenters. The van der Waals surface area contributed by atoms with Crippen molar-refractivity contribution in [3.63, 3.8) is 0 Å². The fourth-order valence-corrected chi connectivity index (χ4v) is 4.35. The number of pyridine rings is 1. The van der Waals surface area contributed by atoms with Gasteiger partial charge in [0.15, 0.2) is 5.78 Å². The van der Waals surface area contributed by atoms with Gasteiger partial charge in [0, 0.05) is 18.4 Å². The first-order chi connectivity index (χ1) is 14.0. The maximum absolute atomic E-state index is 14.7. The molecule has 1 aliphatic carbocycles. The van der Waals surface area contributed by atoms with Crippen molar-refractivity contribution in [3.8, 4) is 0 Å². The molecule has 9 heteroatoms. The van der Waals surface area contributed by atoms with Crippen LogP contribution in [0, 0.1) is 11.6 Å². The molecular formula is C21H19F4N3O2. The first-order valence-corrected chi connectivity index (χ1v) is 9.35. The first kappa shape index (κ1) is 20.3. The standard InChI is InChI=1S/C21H19F4N3O2/c1-19(9-20(30-18(26)28-19)10-21(24,25)11-20)14-6-12(2-4-15(14)23)7-17(29)16-5-3-13(22)8-27-16/h2-6,8H,7,9-11H2,1H3,(H2,26,28). The normalized spacial score (nSPS) is 24.0. The number of aromatic nitrogens is 1. The van der Waals surface area contributed by atoms with Gasteiger partial charge in [-0.2, -0.15) is 0 Å². The lowest BCUT2D eigenvalue weighted by Crippen LogP contribution is -2.60. The molecule has 158 valence electrons. The number of rotatable bonds is 4. The predicted molar refractivity (Wildman–Crippen MR) is 100 cm³/mol. The van der Waals surface area contributed by atoms with Gasteiger partial charge in [-0.1, -0.05) is 6.07 Å². The monoisotopic (exact) mass is 421 g/mol. The Morgan fingerprint density at radius 2 is 1.90 bits per heavy atom. The molecule has 0 saturated heterocycles. The fourth-order valence-electron chi connectivity index (χ4n) is 4.35. The lowest BCUT2D eigenvalue weighted by atomic mass is 9.67. The van der Waals surface area contributed by atoms with E-state index >= 15 is 0 Å². The predicted octanol–water partition coefficient (Wildman–Crippen LogP) is 3.90. The highest BCUT2D eigenvalue weighted by atomic mass is 19.3. The van der Waals surface area contributed by atoms with E-state index in [-0.39, 0.29) is 35.9 Å². The van der Waals surface area contributed by atoms with E-state index in [9.17, 15) is 22.4 Å². The Morgan fingerprint density at radius 3 is 2.53 bits per heavy atom. The minimum Gasteiger partial charge on any atom is -0.458 e. The van der Waals surface area contributed by atoms with Gasteiger partial charge in [-0.05, 0) is 36.8 Å². The highest BCUT2D eigenvalue weighted by Crippen LogP contribution is 2.55. The van der Waals surface area contributed by atoms with E-state index in [1.54, 1.807) is 6.92 Å². The zero-order chi connectivity index (χ0) is 21.7. The van der Waals surface area contributed by atoms with Crippen LogP contribution in [-0.4, -0.2) is 28.3 Å². The summed E-state index contributed by atoms with van der Waals surface area (Å²) < 4.78 is 60.2. The number of alkyl halides is 2. The Balaban J connectivity index is 1.62. The van der Waals surface area contributed by atoms with Gasteiger partial charge in [-0.25, -0.2) is 22.6 Å². The van der Waals surface area contributed by atoms with Crippen LogP contribution in [0.25, 0.3) is 0 Å². The molecular weight excluding hydrogens is 402 g/mol. The van der Waals surface area contributed by atoms with Crippen molar-refractivity contribution in [2.45, 2.75) is 49.7 Å². The van der Waals surface area contributed by atoms with Gasteiger partial charge in [-0.15, -0.1) is 0 Å². The maximum atomic E-state index is 14.7. The molecule has 0 bridgehead atoms. The van der Waals surface area contributed by atoms with E-state index in [1.807, 2.05) is 0 Å². The smallest absolute Gasteiger partial charge is 0.283 e. The van der Waals surface area contributed by atoms with Gasteiger partial charge < -0.3 is 10.5 Å². The third-order valence-electron chi connectivity index (χ3n) is 5.49. The molecule has 1 aromatic carbocycles. The third kappa shape index (κ3) is 3.76. The number of hydrogen-bond acceptors (Lipinski definition) is 5. The number of amidine groups is 1. The van der Waals surface area contributed by atoms with Crippen LogP contribution < -0.4 is 5.73 Å². The number of ketones is 1. The lowest BCUT2D eigenvalue weighted by Gasteiger charge is -2.52. The molecule has 1 aromatic heterocycles. The average molecular weight is 421 g/mol. The van der Waals surface area contributed by atoms with Crippen LogP contribution in [0.15, 0.2) is 41.5 Å². The molecule has 1 fully saturated rings. The zero-order valence-corrected chi connectivity index (χ0v) is 16.1. The number of nitrogens with zero attached hydrogens (tertiary/aromatic N) is 2. The van der Waals surface area contributed by atoms with Crippen molar-refractivity contribution in [1.29, 1.82) is 0 Å². The van der Waals surface area contributed by atoms with Crippen LogP contribution in [0.3, 0.4) is 0 Å². The summed E-state index contributed by atoms with van der Waals surface area (Å²) in [5.41, 5.74) is 4.03. The molecule has 5 nitrogen and oxygen atoms in total. The van der Waals surface area contributed by atoms with Crippen molar-refractivity contribution < 1.29 is 27.1 Å². The van der Waals surface area contributed by atoms with Gasteiger partial charge >= 0.3 is 0 Å². The summed E-state index contributed by atoms with van der Waals surface area (Å²) in [6.07, 6.45) is -0.146. The van der Waals surface area contributed by atoms with Crippen LogP contribution in [0.2, 0.25) is 0 Å². The van der Waals surface area contributed by atoms with E-state index in [0.717, 1.165) is 12.3 Å². The maximum Gasteiger partial charge on any atom is 0.283 e. The van der Waals surface area contributed by atoms with Gasteiger partial charge in [0.2, 0.25) is 0 Å². The Labute approximate surface area is 170 Å². The largest absolute Gasteiger partial charge is 0.458 e. The second-order valence-electron chi connectivity index (χ2n) is 8.17. The van der Waals surface area contributed by atoms with Crippen molar-refractivity contribution in [2.75, 3.05) is 0 Å². The molecule has 1 atom stereocenters. The highest BCUT2D eigenvalue weighted by Gasteiger charge is 2.62. The molecule has 30 heavy (non-hydrogen) atoms. The Morgan fingerprint density at radius 1 is 1.17 bits per heavy atom. The van der Waals surface area contributed by atoms with E-state index in [1.165, 1.54) is 24.3 Å². The summed E-state index contributed by atoms with van der Waals surface area (Å²) in [7, 11) is 0. The number of carbonyl (C=O) groups excluding carboxylic acids is 1. The molecule has 4 rings (SSSR count). The van der Waals surface area contributed by atoms with Gasteiger partial charge in [0.05, 0.1) is 24.6 Å². The molecule has 2 heterocycles. The van der Waals surface area contributed by atoms with Crippen LogP contribution in [0.5, 0.6) is 0 Å². The summed E-state index contributed by atoms with van der Waals surface area (Å²) in [6.45, 7) is 1.60. The Bertz CT molecular complexity index is 1030. The molecule has 2 aliphatic rings. The minimum atomic E-state index is -2.85. The second-order valence-corrected chi connectivity index (χ2v) is 8.17. The van der Waals surface area contributed by atoms with Gasteiger partial charge in [0.25, 0.3) is 11.9 Å². The van der Waals surface area contributed by atoms with Crippen molar-refractivity contribution in [3.05, 3.63) is 65.0 Å². The highest BCUT2D eigenvalue weighted by molar-refractivity contribution is 5.95. The number of halogens is 4. The van der Waals surface area contributed by atoms with E-state index in [4.69, 9.17) is 10.5 Å². The van der Waals surface area contributed by atoms with Crippen LogP contribution >= 0.6 is 0 Å². The summed E-state index contributed by atoms with van der Waals surface area (Å²) >= 11 is 0. The Hall–Kier alpha value is -2.97. The fraction of sp³-hybridized carbons (Fsp3) is 0.381. The first-order valence-electron chi connectivity index (χ1n) is 9.35. The zero-order valence-electron chi connectivity index (χ0n) is 16.1. The number of Topliss-reactive ketones (excluding diaryl/α,β-unsaturated/α-hetero) is 1. The number of carbonyl (C=O) groups is 1. The Kier molecular flexibility index (Phi) is 4.59. The second kappa shape index (κ2) is 6.78. The number of hydrogen-bond donors (Lipinski definition) is 1. The molecule has 1 spiro atoms. The van der Waals surface area contributed by atoms with E-state index in [2.05, 4.69) is 9.98 Å². The topological polar surface area (TPSA) is 77.6 Å². The van der Waals surface area contributed by atoms with Crippen LogP contribution in [-0.2, 0) is 16.7 Å². The van der Waals surface area contributed by atoms with Crippen molar-refractivity contribution in [1.82, 2.24) is 4.98 Å². The summed E-state index contributed by atoms with van der Waals surface area (Å²) in [5, 5.41) is 0. The van der Waals surface area contributed by atoms with Gasteiger partial charge in [0.1, 0.15) is 22.9 Å². The molecule has 2 aromatic rings. The number of benzene rings is 1. The SMILES string of the molecule is CC1(c2cc(CC(=O)c3ccc(F)cn3)ccc2F)CC2(CC(F)(F)C2)OC(N)=N1. The molecule has 1 saturated carbocycles. The quantitative estimate of drug-likeness (QED) is 0.600. The van der Waals surface area contributed by atoms with E-state index in [0.29, 0.717) is 5.56 Å². The minimum absolute atomic E-state index is 0.0319. The van der Waals surface area contributed by atoms with Gasteiger partial charge in [-0.3, -0.25) is 9.78 Å². The van der Waals surface area contributed by atoms with Crippen molar-refractivity contribution >= 4 is 11.8 Å². The number of nitrogens with two attached hydrogens (primary N) is 1. The van der Waals surface area contributed by atoms with Crippen LogP contribution in [0.4, 0.5) is 17.6 Å². The summed E-state index contributed by atoms with van der Waals surface area (Å²) in [4.78, 5) is 20.4. The van der Waals surface area contributed by atoms with E-state index < -0.39 is 41.5 Å². The van der Waals surface area contributed by atoms with Crippen LogP contribution in [0.1, 0.15) is 47.8 Å². The molecule has 0 amide bonds. The summed E-state index contributed by atoms with van der Waals surface area (Å²) in [5.74, 6) is -4.38. The third-order valence-corrected chi connectivity index (χ3v) is 5.49. The molecule has 2 N–H and O–H groups in total. The van der Waals surface area contributed by atoms with Crippen molar-refractivity contribution in [2.24, 2.45) is 10.7 Å². The molecule has 0 radical (unpaired) electrons. The summed E-state index contributed by atoms with van der Waals surface area (Å²) in [6, 6.07) is 6.26. The number of ether oxygens (including phenoxy) is 1. The number of aliphatic imine (C=N–C) groups is 1. The molecule has 1 aliphatic heterocycles. The average Bonchev–Trinajstić information content (AvgIpc) is 2.61.